The summed E-state index contributed by atoms with van der Waals surface area (Å²) in [5.74, 6) is 0.586. The number of hydrogen-bond donors (Lipinski definition) is 1. The van der Waals surface area contributed by atoms with Gasteiger partial charge < -0.3 is 19.2 Å². The second-order valence-corrected chi connectivity index (χ2v) is 6.64. The number of nitrogens with one attached hydrogen (secondary N) is 1. The predicted molar refractivity (Wildman–Crippen MR) is 104 cm³/mol. The first kappa shape index (κ1) is 19.4. The molecule has 144 valence electrons. The molecule has 1 saturated heterocycles. The molecule has 0 bridgehead atoms. The maximum atomic E-state index is 13.4. The number of nitrogens with zero attached hydrogens (tertiary/aromatic N) is 3. The van der Waals surface area contributed by atoms with Gasteiger partial charge in [0.15, 0.2) is 5.76 Å². The zero-order valence-corrected chi connectivity index (χ0v) is 16.2. The smallest absolute Gasteiger partial charge is 0.259 e. The minimum absolute atomic E-state index is 0. The number of pyridine rings is 1. The van der Waals surface area contributed by atoms with Gasteiger partial charge in [-0.2, -0.15) is 0 Å². The first-order valence-corrected chi connectivity index (χ1v) is 9.04. The molecule has 0 unspecified atom stereocenters. The van der Waals surface area contributed by atoms with Crippen molar-refractivity contribution < 1.29 is 13.7 Å². The number of rotatable bonds is 4. The molecule has 1 atom stereocenters. The molecule has 4 rings (SSSR count). The molecule has 0 spiro atoms. The highest BCUT2D eigenvalue weighted by atomic mass is 35.5. The third-order valence-corrected chi connectivity index (χ3v) is 4.77. The molecule has 0 saturated carbocycles. The third-order valence-electron chi connectivity index (χ3n) is 4.77. The molecule has 7 nitrogen and oxygen atoms in total. The summed E-state index contributed by atoms with van der Waals surface area (Å²) in [6.07, 6.45) is 3.25. The van der Waals surface area contributed by atoms with Crippen LogP contribution in [0.3, 0.4) is 0 Å². The molecule has 27 heavy (non-hydrogen) atoms. The quantitative estimate of drug-likeness (QED) is 0.735. The molecule has 1 N–H and O–H groups in total. The lowest BCUT2D eigenvalue weighted by Gasteiger charge is -2.34. The van der Waals surface area contributed by atoms with Crippen molar-refractivity contribution in [3.63, 3.8) is 0 Å². The van der Waals surface area contributed by atoms with Gasteiger partial charge in [-0.3, -0.25) is 4.79 Å². The van der Waals surface area contributed by atoms with Crippen LogP contribution in [0.25, 0.3) is 22.6 Å². The molecule has 1 fully saturated rings. The molecule has 3 aromatic heterocycles. The summed E-state index contributed by atoms with van der Waals surface area (Å²) in [5, 5.41) is 8.20. The Labute approximate surface area is 163 Å². The fraction of sp³-hybridized carbons (Fsp3) is 0.421. The predicted octanol–water partition coefficient (Wildman–Crippen LogP) is 3.29. The van der Waals surface area contributed by atoms with Crippen LogP contribution in [0.1, 0.15) is 36.3 Å². The van der Waals surface area contributed by atoms with E-state index in [9.17, 15) is 4.79 Å². The van der Waals surface area contributed by atoms with Crippen LogP contribution in [0, 0.1) is 0 Å². The van der Waals surface area contributed by atoms with Gasteiger partial charge in [-0.1, -0.05) is 18.5 Å². The van der Waals surface area contributed by atoms with E-state index in [2.05, 4.69) is 29.3 Å². The zero-order chi connectivity index (χ0) is 18.1. The van der Waals surface area contributed by atoms with E-state index >= 15 is 0 Å². The summed E-state index contributed by atoms with van der Waals surface area (Å²) in [6, 6.07) is 5.54. The standard InChI is InChI=1S/C19H22N4O3.ClH/c1-3-5-14-17-13(19(24)23-8-7-20-11-12(23)2)10-15(16-6-4-9-25-16)21-18(17)26-22-14;/h4,6,9-10,12,20H,3,5,7-8,11H2,1-2H3;1H/t12-;/m1./s1. The molecule has 1 amide bonds. The van der Waals surface area contributed by atoms with Crippen molar-refractivity contribution in [2.45, 2.75) is 32.7 Å². The molecule has 0 radical (unpaired) electrons. The summed E-state index contributed by atoms with van der Waals surface area (Å²) in [4.78, 5) is 19.8. The maximum absolute atomic E-state index is 13.4. The number of aromatic nitrogens is 2. The molecule has 0 aliphatic carbocycles. The lowest BCUT2D eigenvalue weighted by atomic mass is 10.0. The molecular formula is C19H23ClN4O3. The van der Waals surface area contributed by atoms with E-state index in [4.69, 9.17) is 8.94 Å². The second-order valence-electron chi connectivity index (χ2n) is 6.64. The van der Waals surface area contributed by atoms with Crippen molar-refractivity contribution in [3.8, 4) is 11.5 Å². The highest BCUT2D eigenvalue weighted by Crippen LogP contribution is 2.29. The summed E-state index contributed by atoms with van der Waals surface area (Å²) in [7, 11) is 0. The number of amides is 1. The number of carbonyl (C=O) groups excluding carboxylic acids is 1. The van der Waals surface area contributed by atoms with E-state index in [1.54, 1.807) is 18.4 Å². The number of carbonyl (C=O) groups is 1. The van der Waals surface area contributed by atoms with E-state index in [0.717, 1.165) is 37.0 Å². The Kier molecular flexibility index (Phi) is 5.82. The molecule has 1 aliphatic rings. The number of halogens is 1. The summed E-state index contributed by atoms with van der Waals surface area (Å²) >= 11 is 0. The van der Waals surface area contributed by atoms with Crippen LogP contribution < -0.4 is 5.32 Å². The maximum Gasteiger partial charge on any atom is 0.259 e. The van der Waals surface area contributed by atoms with Gasteiger partial charge in [0.1, 0.15) is 5.69 Å². The highest BCUT2D eigenvalue weighted by Gasteiger charge is 2.28. The van der Waals surface area contributed by atoms with Crippen LogP contribution >= 0.6 is 12.4 Å². The largest absolute Gasteiger partial charge is 0.463 e. The monoisotopic (exact) mass is 390 g/mol. The van der Waals surface area contributed by atoms with Gasteiger partial charge in [0.25, 0.3) is 11.6 Å². The number of furan rings is 1. The van der Waals surface area contributed by atoms with Gasteiger partial charge in [0.05, 0.1) is 22.9 Å². The summed E-state index contributed by atoms with van der Waals surface area (Å²) < 4.78 is 10.9. The van der Waals surface area contributed by atoms with Crippen molar-refractivity contribution in [2.24, 2.45) is 0 Å². The van der Waals surface area contributed by atoms with Crippen molar-refractivity contribution in [2.75, 3.05) is 19.6 Å². The lowest BCUT2D eigenvalue weighted by molar-refractivity contribution is 0.0657. The first-order valence-electron chi connectivity index (χ1n) is 9.04. The summed E-state index contributed by atoms with van der Waals surface area (Å²) in [6.45, 7) is 6.38. The van der Waals surface area contributed by atoms with E-state index in [1.165, 1.54) is 0 Å². The van der Waals surface area contributed by atoms with Crippen LogP contribution in [-0.4, -0.2) is 46.6 Å². The Morgan fingerprint density at radius 1 is 1.44 bits per heavy atom. The molecular weight excluding hydrogens is 368 g/mol. The molecule has 8 heteroatoms. The Hall–Kier alpha value is -2.38. The van der Waals surface area contributed by atoms with E-state index in [-0.39, 0.29) is 24.4 Å². The average Bonchev–Trinajstić information content (AvgIpc) is 3.31. The number of hydrogen-bond acceptors (Lipinski definition) is 6. The fourth-order valence-corrected chi connectivity index (χ4v) is 3.43. The minimum Gasteiger partial charge on any atom is -0.463 e. The topological polar surface area (TPSA) is 84.4 Å². The van der Waals surface area contributed by atoms with E-state index in [0.29, 0.717) is 29.3 Å². The number of aryl methyl sites for hydroxylation is 1. The van der Waals surface area contributed by atoms with Gasteiger partial charge in [0.2, 0.25) is 0 Å². The Morgan fingerprint density at radius 2 is 2.30 bits per heavy atom. The van der Waals surface area contributed by atoms with Gasteiger partial charge in [-0.15, -0.1) is 12.4 Å². The van der Waals surface area contributed by atoms with Crippen molar-refractivity contribution in [1.29, 1.82) is 0 Å². The normalized spacial score (nSPS) is 17.1. The average molecular weight is 391 g/mol. The Bertz CT molecular complexity index is 923. The SMILES string of the molecule is CCCc1noc2nc(-c3ccco3)cc(C(=O)N3CCNC[C@H]3C)c12.Cl. The molecule has 0 aromatic carbocycles. The molecule has 3 aromatic rings. The second kappa shape index (κ2) is 8.10. The van der Waals surface area contributed by atoms with Crippen LogP contribution in [0.4, 0.5) is 0 Å². The van der Waals surface area contributed by atoms with Crippen LogP contribution in [-0.2, 0) is 6.42 Å². The van der Waals surface area contributed by atoms with Crippen LogP contribution in [0.15, 0.2) is 33.4 Å². The van der Waals surface area contributed by atoms with Crippen molar-refractivity contribution in [1.82, 2.24) is 20.4 Å². The Morgan fingerprint density at radius 3 is 3.00 bits per heavy atom. The van der Waals surface area contributed by atoms with Crippen molar-refractivity contribution in [3.05, 3.63) is 35.7 Å². The number of piperazine rings is 1. The van der Waals surface area contributed by atoms with E-state index < -0.39 is 0 Å². The van der Waals surface area contributed by atoms with Gasteiger partial charge in [0, 0.05) is 25.7 Å². The van der Waals surface area contributed by atoms with Crippen LogP contribution in [0.5, 0.6) is 0 Å². The third kappa shape index (κ3) is 3.57. The zero-order valence-electron chi connectivity index (χ0n) is 15.4. The first-order chi connectivity index (χ1) is 12.7. The lowest BCUT2D eigenvalue weighted by Crippen LogP contribution is -2.52. The molecule has 4 heterocycles. The fourth-order valence-electron chi connectivity index (χ4n) is 3.43. The highest BCUT2D eigenvalue weighted by molar-refractivity contribution is 6.07. The van der Waals surface area contributed by atoms with Gasteiger partial charge >= 0.3 is 0 Å². The Balaban J connectivity index is 0.00000210. The minimum atomic E-state index is -0.0141. The van der Waals surface area contributed by atoms with Crippen molar-refractivity contribution >= 4 is 29.4 Å². The molecule has 1 aliphatic heterocycles. The number of fused-ring (bicyclic) bond motifs is 1. The van der Waals surface area contributed by atoms with Gasteiger partial charge in [-0.05, 0) is 31.5 Å². The summed E-state index contributed by atoms with van der Waals surface area (Å²) in [5.41, 5.74) is 2.33. The van der Waals surface area contributed by atoms with Gasteiger partial charge in [-0.25, -0.2) is 4.98 Å². The van der Waals surface area contributed by atoms with E-state index in [1.807, 2.05) is 11.0 Å². The van der Waals surface area contributed by atoms with Crippen LogP contribution in [0.2, 0.25) is 0 Å².